The third-order valence-electron chi connectivity index (χ3n) is 4.36. The molecule has 0 amide bonds. The van der Waals surface area contributed by atoms with Crippen LogP contribution < -0.4 is 0 Å². The minimum Gasteiger partial charge on any atom is -0.258 e. The summed E-state index contributed by atoms with van der Waals surface area (Å²) in [5.41, 5.74) is 3.67. The van der Waals surface area contributed by atoms with E-state index in [0.717, 1.165) is 16.8 Å². The van der Waals surface area contributed by atoms with Crippen molar-refractivity contribution in [3.8, 4) is 28.2 Å². The molecule has 0 saturated carbocycles. The predicted molar refractivity (Wildman–Crippen MR) is 116 cm³/mol. The van der Waals surface area contributed by atoms with Crippen molar-refractivity contribution in [1.29, 1.82) is 0 Å². The van der Waals surface area contributed by atoms with Crippen molar-refractivity contribution in [1.82, 2.24) is 9.78 Å². The SMILES string of the molecule is O=[N+]([O-])c1ccc(-n2nc(-c3ccc(Cl)cc3)cc2-c2ccc(Cl)cc2)c(Cl)c1. The number of hydrogen-bond acceptors (Lipinski definition) is 3. The molecule has 4 aromatic rings. The molecule has 0 fully saturated rings. The summed E-state index contributed by atoms with van der Waals surface area (Å²) in [5.74, 6) is 0. The lowest BCUT2D eigenvalue weighted by Gasteiger charge is -2.09. The van der Waals surface area contributed by atoms with E-state index >= 15 is 0 Å². The van der Waals surface area contributed by atoms with Gasteiger partial charge in [0.05, 0.1) is 27.0 Å². The first-order valence-electron chi connectivity index (χ1n) is 8.48. The maximum Gasteiger partial charge on any atom is 0.271 e. The molecule has 0 saturated heterocycles. The molecule has 0 aliphatic carbocycles. The molecule has 0 bridgehead atoms. The van der Waals surface area contributed by atoms with Crippen LogP contribution in [0.25, 0.3) is 28.2 Å². The van der Waals surface area contributed by atoms with Gasteiger partial charge in [0.15, 0.2) is 0 Å². The summed E-state index contributed by atoms with van der Waals surface area (Å²) >= 11 is 18.4. The van der Waals surface area contributed by atoms with Gasteiger partial charge in [-0.25, -0.2) is 4.68 Å². The number of nitro groups is 1. The fourth-order valence-electron chi connectivity index (χ4n) is 2.93. The van der Waals surface area contributed by atoms with Gasteiger partial charge >= 0.3 is 0 Å². The minimum atomic E-state index is -0.488. The van der Waals surface area contributed by atoms with Crippen LogP contribution in [0.3, 0.4) is 0 Å². The number of halogens is 3. The Morgan fingerprint density at radius 2 is 1.38 bits per heavy atom. The van der Waals surface area contributed by atoms with Gasteiger partial charge in [0.2, 0.25) is 0 Å². The van der Waals surface area contributed by atoms with Crippen molar-refractivity contribution in [2.24, 2.45) is 0 Å². The summed E-state index contributed by atoms with van der Waals surface area (Å²) in [5, 5.41) is 17.2. The van der Waals surface area contributed by atoms with Crippen molar-refractivity contribution in [2.45, 2.75) is 0 Å². The number of nitro benzene ring substituents is 1. The second-order valence-electron chi connectivity index (χ2n) is 6.23. The van der Waals surface area contributed by atoms with E-state index in [0.29, 0.717) is 21.4 Å². The van der Waals surface area contributed by atoms with E-state index in [4.69, 9.17) is 39.9 Å². The van der Waals surface area contributed by atoms with Gasteiger partial charge < -0.3 is 0 Å². The molecule has 144 valence electrons. The topological polar surface area (TPSA) is 61.0 Å². The van der Waals surface area contributed by atoms with Crippen LogP contribution in [0.15, 0.2) is 72.8 Å². The molecule has 1 heterocycles. The van der Waals surface area contributed by atoms with E-state index in [1.54, 1.807) is 35.0 Å². The van der Waals surface area contributed by atoms with Crippen LogP contribution in [0, 0.1) is 10.1 Å². The number of non-ortho nitro benzene ring substituents is 1. The lowest BCUT2D eigenvalue weighted by Crippen LogP contribution is -2.01. The number of nitrogens with zero attached hydrogens (tertiary/aromatic N) is 3. The van der Waals surface area contributed by atoms with E-state index < -0.39 is 4.92 Å². The zero-order chi connectivity index (χ0) is 20.5. The first-order chi connectivity index (χ1) is 13.9. The lowest BCUT2D eigenvalue weighted by atomic mass is 10.1. The Balaban J connectivity index is 1.90. The molecule has 3 aromatic carbocycles. The quantitative estimate of drug-likeness (QED) is 0.250. The zero-order valence-electron chi connectivity index (χ0n) is 14.7. The van der Waals surface area contributed by atoms with E-state index in [1.807, 2.05) is 30.3 Å². The Bertz CT molecular complexity index is 1200. The van der Waals surface area contributed by atoms with Gasteiger partial charge in [-0.15, -0.1) is 0 Å². The van der Waals surface area contributed by atoms with Crippen LogP contribution in [0.4, 0.5) is 5.69 Å². The van der Waals surface area contributed by atoms with Gasteiger partial charge in [0, 0.05) is 33.3 Å². The smallest absolute Gasteiger partial charge is 0.258 e. The predicted octanol–water partition coefficient (Wildman–Crippen LogP) is 7.07. The molecule has 0 radical (unpaired) electrons. The number of rotatable bonds is 4. The summed E-state index contributed by atoms with van der Waals surface area (Å²) in [7, 11) is 0. The molecule has 0 aliphatic rings. The highest BCUT2D eigenvalue weighted by atomic mass is 35.5. The van der Waals surface area contributed by atoms with Crippen LogP contribution in [-0.2, 0) is 0 Å². The summed E-state index contributed by atoms with van der Waals surface area (Å²) < 4.78 is 1.67. The van der Waals surface area contributed by atoms with Crippen LogP contribution in [0.5, 0.6) is 0 Å². The maximum absolute atomic E-state index is 11.0. The normalized spacial score (nSPS) is 10.9. The molecule has 29 heavy (non-hydrogen) atoms. The van der Waals surface area contributed by atoms with Crippen LogP contribution in [0.1, 0.15) is 0 Å². The van der Waals surface area contributed by atoms with E-state index in [-0.39, 0.29) is 10.7 Å². The highest BCUT2D eigenvalue weighted by molar-refractivity contribution is 6.32. The molecule has 1 aromatic heterocycles. The van der Waals surface area contributed by atoms with Gasteiger partial charge in [-0.3, -0.25) is 10.1 Å². The first-order valence-corrected chi connectivity index (χ1v) is 9.62. The standard InChI is InChI=1S/C21H12Cl3N3O2/c22-15-5-1-13(2-6-15)19-12-21(14-3-7-16(23)8-4-14)26(25-19)20-10-9-17(27(28)29)11-18(20)24/h1-12H. The molecule has 4 rings (SSSR count). The third-order valence-corrected chi connectivity index (χ3v) is 5.17. The second kappa shape index (κ2) is 7.87. The van der Waals surface area contributed by atoms with Crippen LogP contribution in [0.2, 0.25) is 15.1 Å². The van der Waals surface area contributed by atoms with E-state index in [1.165, 1.54) is 12.1 Å². The monoisotopic (exact) mass is 443 g/mol. The Kier molecular flexibility index (Phi) is 5.28. The summed E-state index contributed by atoms with van der Waals surface area (Å²) in [4.78, 5) is 10.6. The molecule has 0 spiro atoms. The van der Waals surface area contributed by atoms with Crippen LogP contribution in [-0.4, -0.2) is 14.7 Å². The fraction of sp³-hybridized carbons (Fsp3) is 0. The van der Waals surface area contributed by atoms with Crippen molar-refractivity contribution in [3.63, 3.8) is 0 Å². The van der Waals surface area contributed by atoms with E-state index in [9.17, 15) is 10.1 Å². The largest absolute Gasteiger partial charge is 0.271 e. The molecular formula is C21H12Cl3N3O2. The van der Waals surface area contributed by atoms with Gasteiger partial charge in [0.1, 0.15) is 0 Å². The average molecular weight is 445 g/mol. The number of benzene rings is 3. The molecule has 0 atom stereocenters. The zero-order valence-corrected chi connectivity index (χ0v) is 17.0. The Morgan fingerprint density at radius 3 is 1.93 bits per heavy atom. The Hall–Kier alpha value is -2.86. The summed E-state index contributed by atoms with van der Waals surface area (Å²) in [6.07, 6.45) is 0. The van der Waals surface area contributed by atoms with Crippen LogP contribution >= 0.6 is 34.8 Å². The molecule has 5 nitrogen and oxygen atoms in total. The summed E-state index contributed by atoms with van der Waals surface area (Å²) in [6.45, 7) is 0. The third kappa shape index (κ3) is 3.98. The maximum atomic E-state index is 11.0. The van der Waals surface area contributed by atoms with Gasteiger partial charge in [-0.05, 0) is 36.4 Å². The van der Waals surface area contributed by atoms with Gasteiger partial charge in [-0.1, -0.05) is 59.1 Å². The number of hydrogen-bond donors (Lipinski definition) is 0. The molecule has 0 N–H and O–H groups in total. The van der Waals surface area contributed by atoms with Gasteiger partial charge in [0.25, 0.3) is 5.69 Å². The highest BCUT2D eigenvalue weighted by Crippen LogP contribution is 2.33. The molecule has 8 heteroatoms. The van der Waals surface area contributed by atoms with Crippen molar-refractivity contribution >= 4 is 40.5 Å². The average Bonchev–Trinajstić information content (AvgIpc) is 3.14. The Labute approximate surface area is 181 Å². The molecular weight excluding hydrogens is 433 g/mol. The van der Waals surface area contributed by atoms with E-state index in [2.05, 4.69) is 0 Å². The Morgan fingerprint density at radius 1 is 0.793 bits per heavy atom. The minimum absolute atomic E-state index is 0.0862. The fourth-order valence-corrected chi connectivity index (χ4v) is 3.44. The molecule has 0 unspecified atom stereocenters. The molecule has 0 aliphatic heterocycles. The first kappa shape index (κ1) is 19.5. The summed E-state index contributed by atoms with van der Waals surface area (Å²) in [6, 6.07) is 20.9. The van der Waals surface area contributed by atoms with Crippen molar-refractivity contribution < 1.29 is 4.92 Å². The van der Waals surface area contributed by atoms with Crippen molar-refractivity contribution in [3.05, 3.63) is 98.0 Å². The van der Waals surface area contributed by atoms with Crippen molar-refractivity contribution in [2.75, 3.05) is 0 Å². The second-order valence-corrected chi connectivity index (χ2v) is 7.51. The number of aromatic nitrogens is 2. The lowest BCUT2D eigenvalue weighted by molar-refractivity contribution is -0.384. The van der Waals surface area contributed by atoms with Gasteiger partial charge in [-0.2, -0.15) is 5.10 Å². The highest BCUT2D eigenvalue weighted by Gasteiger charge is 2.17.